The van der Waals surface area contributed by atoms with Gasteiger partial charge in [-0.05, 0) is 35.9 Å². The second-order valence-corrected chi connectivity index (χ2v) is 4.85. The fourth-order valence-corrected chi connectivity index (χ4v) is 2.56. The molecule has 0 aliphatic carbocycles. The van der Waals surface area contributed by atoms with E-state index in [0.717, 1.165) is 15.3 Å². The van der Waals surface area contributed by atoms with E-state index in [1.54, 1.807) is 18.4 Å². The first-order chi connectivity index (χ1) is 7.74. The van der Waals surface area contributed by atoms with Gasteiger partial charge in [0.15, 0.2) is 0 Å². The highest BCUT2D eigenvalue weighted by Crippen LogP contribution is 2.33. The van der Waals surface area contributed by atoms with Crippen molar-refractivity contribution in [2.24, 2.45) is 0 Å². The molecule has 0 spiro atoms. The van der Waals surface area contributed by atoms with Gasteiger partial charge in [-0.25, -0.2) is 0 Å². The van der Waals surface area contributed by atoms with Gasteiger partial charge >= 0.3 is 0 Å². The van der Waals surface area contributed by atoms with E-state index in [1.165, 1.54) is 0 Å². The third kappa shape index (κ3) is 2.21. The number of hydrogen-bond acceptors (Lipinski definition) is 3. The van der Waals surface area contributed by atoms with Gasteiger partial charge in [-0.2, -0.15) is 0 Å². The minimum atomic E-state index is 0.0779. The third-order valence-electron chi connectivity index (χ3n) is 2.25. The molecule has 1 aromatic carbocycles. The van der Waals surface area contributed by atoms with E-state index in [-0.39, 0.29) is 6.61 Å². The number of aliphatic hydroxyl groups excluding tert-OH is 1. The van der Waals surface area contributed by atoms with Gasteiger partial charge in [0.25, 0.3) is 0 Å². The van der Waals surface area contributed by atoms with Gasteiger partial charge in [0.1, 0.15) is 5.75 Å². The number of benzene rings is 1. The normalized spacial score (nSPS) is 10.4. The zero-order valence-electron chi connectivity index (χ0n) is 8.74. The van der Waals surface area contributed by atoms with Crippen molar-refractivity contribution < 1.29 is 9.84 Å². The van der Waals surface area contributed by atoms with Gasteiger partial charge < -0.3 is 9.84 Å². The number of methoxy groups -OCH3 is 1. The Labute approximate surface area is 103 Å². The summed E-state index contributed by atoms with van der Waals surface area (Å²) in [6.45, 7) is 0.0779. The maximum Gasteiger partial charge on any atom is 0.137 e. The lowest BCUT2D eigenvalue weighted by Crippen LogP contribution is -1.83. The first-order valence-corrected chi connectivity index (χ1v) is 5.97. The monoisotopic (exact) mass is 254 g/mol. The maximum atomic E-state index is 9.00. The minimum Gasteiger partial charge on any atom is -0.495 e. The van der Waals surface area contributed by atoms with Gasteiger partial charge in [-0.15, -0.1) is 11.3 Å². The molecule has 0 aliphatic rings. The number of ether oxygens (including phenoxy) is 1. The van der Waals surface area contributed by atoms with Gasteiger partial charge in [0, 0.05) is 9.75 Å². The number of halogens is 1. The zero-order valence-corrected chi connectivity index (χ0v) is 10.3. The Kier molecular flexibility index (Phi) is 3.49. The van der Waals surface area contributed by atoms with Crippen molar-refractivity contribution in [2.75, 3.05) is 7.11 Å². The molecule has 1 N–H and O–H groups in total. The molecule has 1 aromatic heterocycles. The van der Waals surface area contributed by atoms with Crippen molar-refractivity contribution in [2.45, 2.75) is 6.61 Å². The minimum absolute atomic E-state index is 0.0779. The second-order valence-electron chi connectivity index (χ2n) is 3.27. The number of aliphatic hydroxyl groups is 1. The lowest BCUT2D eigenvalue weighted by Gasteiger charge is -2.04. The van der Waals surface area contributed by atoms with Crippen LogP contribution in [0.4, 0.5) is 0 Å². The molecule has 0 radical (unpaired) electrons. The van der Waals surface area contributed by atoms with Crippen LogP contribution in [0.25, 0.3) is 10.4 Å². The van der Waals surface area contributed by atoms with Crippen molar-refractivity contribution in [1.82, 2.24) is 0 Å². The smallest absolute Gasteiger partial charge is 0.137 e. The van der Waals surface area contributed by atoms with E-state index in [4.69, 9.17) is 21.4 Å². The molecule has 0 unspecified atom stereocenters. The average Bonchev–Trinajstić information content (AvgIpc) is 2.77. The molecule has 0 fully saturated rings. The molecule has 0 atom stereocenters. The van der Waals surface area contributed by atoms with Crippen LogP contribution >= 0.6 is 22.9 Å². The van der Waals surface area contributed by atoms with Crippen LogP contribution in [-0.2, 0) is 6.61 Å². The van der Waals surface area contributed by atoms with E-state index in [1.807, 2.05) is 30.3 Å². The molecular weight excluding hydrogens is 244 g/mol. The Morgan fingerprint density at radius 2 is 2.12 bits per heavy atom. The number of rotatable bonds is 3. The third-order valence-corrected chi connectivity index (χ3v) is 3.67. The molecule has 0 aliphatic heterocycles. The topological polar surface area (TPSA) is 29.5 Å². The van der Waals surface area contributed by atoms with Crippen molar-refractivity contribution >= 4 is 22.9 Å². The quantitative estimate of drug-likeness (QED) is 0.907. The van der Waals surface area contributed by atoms with Crippen molar-refractivity contribution in [3.05, 3.63) is 40.2 Å². The predicted molar refractivity (Wildman–Crippen MR) is 67.2 cm³/mol. The Balaban J connectivity index is 2.37. The van der Waals surface area contributed by atoms with Gasteiger partial charge in [0.2, 0.25) is 0 Å². The zero-order chi connectivity index (χ0) is 11.5. The van der Waals surface area contributed by atoms with Crippen LogP contribution in [0.3, 0.4) is 0 Å². The summed E-state index contributed by atoms with van der Waals surface area (Å²) in [5.41, 5.74) is 1.04. The standard InChI is InChI=1S/C12H11ClO2S/c1-15-11-4-2-8(6-10(11)13)12-5-3-9(7-14)16-12/h2-6,14H,7H2,1H3. The SMILES string of the molecule is COc1ccc(-c2ccc(CO)s2)cc1Cl. The van der Waals surface area contributed by atoms with Crippen LogP contribution in [0, 0.1) is 0 Å². The molecule has 2 rings (SSSR count). The summed E-state index contributed by atoms with van der Waals surface area (Å²) in [7, 11) is 1.59. The highest BCUT2D eigenvalue weighted by atomic mass is 35.5. The second kappa shape index (κ2) is 4.87. The fourth-order valence-electron chi connectivity index (χ4n) is 1.44. The molecule has 2 aromatic rings. The summed E-state index contributed by atoms with van der Waals surface area (Å²) in [5, 5.41) is 9.60. The summed E-state index contributed by atoms with van der Waals surface area (Å²) in [6, 6.07) is 9.56. The first-order valence-electron chi connectivity index (χ1n) is 4.78. The van der Waals surface area contributed by atoms with E-state index in [2.05, 4.69) is 0 Å². The molecule has 0 bridgehead atoms. The molecule has 16 heavy (non-hydrogen) atoms. The number of hydrogen-bond donors (Lipinski definition) is 1. The Bertz CT molecular complexity index is 494. The molecule has 84 valence electrons. The molecule has 4 heteroatoms. The lowest BCUT2D eigenvalue weighted by molar-refractivity contribution is 0.285. The highest BCUT2D eigenvalue weighted by Gasteiger charge is 2.06. The van der Waals surface area contributed by atoms with Crippen LogP contribution in [-0.4, -0.2) is 12.2 Å². The predicted octanol–water partition coefficient (Wildman–Crippen LogP) is 3.57. The molecule has 0 saturated heterocycles. The van der Waals surface area contributed by atoms with Crippen LogP contribution in [0.1, 0.15) is 4.88 Å². The number of thiophene rings is 1. The Hall–Kier alpha value is -1.03. The van der Waals surface area contributed by atoms with E-state index in [0.29, 0.717) is 10.8 Å². The molecule has 0 saturated carbocycles. The Morgan fingerprint density at radius 3 is 2.69 bits per heavy atom. The van der Waals surface area contributed by atoms with Gasteiger partial charge in [0.05, 0.1) is 18.7 Å². The molecule has 1 heterocycles. The summed E-state index contributed by atoms with van der Waals surface area (Å²) in [6.07, 6.45) is 0. The van der Waals surface area contributed by atoms with Crippen LogP contribution in [0.5, 0.6) is 5.75 Å². The lowest BCUT2D eigenvalue weighted by atomic mass is 10.2. The summed E-state index contributed by atoms with van der Waals surface area (Å²) in [5.74, 6) is 0.671. The van der Waals surface area contributed by atoms with Crippen LogP contribution in [0.15, 0.2) is 30.3 Å². The van der Waals surface area contributed by atoms with Crippen LogP contribution < -0.4 is 4.74 Å². The average molecular weight is 255 g/mol. The Morgan fingerprint density at radius 1 is 1.31 bits per heavy atom. The van der Waals surface area contributed by atoms with E-state index in [9.17, 15) is 0 Å². The summed E-state index contributed by atoms with van der Waals surface area (Å²) < 4.78 is 5.09. The van der Waals surface area contributed by atoms with E-state index >= 15 is 0 Å². The highest BCUT2D eigenvalue weighted by molar-refractivity contribution is 7.15. The first kappa shape index (κ1) is 11.5. The summed E-state index contributed by atoms with van der Waals surface area (Å²) in [4.78, 5) is 2.04. The molecule has 2 nitrogen and oxygen atoms in total. The molecule has 0 amide bonds. The summed E-state index contributed by atoms with van der Waals surface area (Å²) >= 11 is 7.61. The maximum absolute atomic E-state index is 9.00. The largest absolute Gasteiger partial charge is 0.495 e. The van der Waals surface area contributed by atoms with Crippen LogP contribution in [0.2, 0.25) is 5.02 Å². The molecular formula is C12H11ClO2S. The van der Waals surface area contributed by atoms with Crippen molar-refractivity contribution in [3.63, 3.8) is 0 Å². The van der Waals surface area contributed by atoms with Crippen molar-refractivity contribution in [1.29, 1.82) is 0 Å². The van der Waals surface area contributed by atoms with Crippen molar-refractivity contribution in [3.8, 4) is 16.2 Å². The fraction of sp³-hybridized carbons (Fsp3) is 0.167. The van der Waals surface area contributed by atoms with E-state index < -0.39 is 0 Å². The van der Waals surface area contributed by atoms with Gasteiger partial charge in [-0.1, -0.05) is 11.6 Å². The van der Waals surface area contributed by atoms with Gasteiger partial charge in [-0.3, -0.25) is 0 Å².